The van der Waals surface area contributed by atoms with Gasteiger partial charge in [-0.05, 0) is 71.4 Å². The fourth-order valence-electron chi connectivity index (χ4n) is 3.33. The summed E-state index contributed by atoms with van der Waals surface area (Å²) in [7, 11) is -1.97. The number of fused-ring (bicyclic) bond motifs is 1. The van der Waals surface area contributed by atoms with E-state index in [4.69, 9.17) is 25.7 Å². The summed E-state index contributed by atoms with van der Waals surface area (Å²) in [5, 5.41) is 0.429. The molecule has 4 rings (SSSR count). The van der Waals surface area contributed by atoms with Gasteiger partial charge in [0.2, 0.25) is 5.88 Å². The lowest BCUT2D eigenvalue weighted by Gasteiger charge is -2.38. The van der Waals surface area contributed by atoms with Crippen molar-refractivity contribution < 1.29 is 9.16 Å². The quantitative estimate of drug-likeness (QED) is 0.238. The molecule has 1 unspecified atom stereocenters. The van der Waals surface area contributed by atoms with Gasteiger partial charge in [0, 0.05) is 18.5 Å². The molecule has 1 fully saturated rings. The van der Waals surface area contributed by atoms with Crippen LogP contribution in [0.25, 0.3) is 5.65 Å². The number of hydrogen-bond acceptors (Lipinski definition) is 5. The van der Waals surface area contributed by atoms with E-state index in [-0.39, 0.29) is 17.7 Å². The van der Waals surface area contributed by atoms with Crippen LogP contribution in [0.15, 0.2) is 29.0 Å². The van der Waals surface area contributed by atoms with Crippen molar-refractivity contribution in [2.24, 2.45) is 0 Å². The molecule has 0 spiro atoms. The fraction of sp³-hybridized carbons (Fsp3) is 0.522. The molecule has 0 aromatic carbocycles. The average molecular weight is 538 g/mol. The predicted molar refractivity (Wildman–Crippen MR) is 133 cm³/mol. The van der Waals surface area contributed by atoms with Gasteiger partial charge < -0.3 is 13.6 Å². The molecule has 6 nitrogen and oxygen atoms in total. The molecule has 0 saturated heterocycles. The van der Waals surface area contributed by atoms with Gasteiger partial charge in [0.15, 0.2) is 19.8 Å². The molecule has 3 heterocycles. The third-order valence-electron chi connectivity index (χ3n) is 6.32. The van der Waals surface area contributed by atoms with E-state index in [1.165, 1.54) is 18.4 Å². The first-order valence-corrected chi connectivity index (χ1v) is 15.0. The topological polar surface area (TPSA) is 61.5 Å². The number of imidazole rings is 1. The van der Waals surface area contributed by atoms with Crippen LogP contribution in [-0.4, -0.2) is 27.7 Å². The molecule has 1 aliphatic rings. The van der Waals surface area contributed by atoms with E-state index < -0.39 is 8.32 Å². The predicted octanol–water partition coefficient (Wildman–Crippen LogP) is 7.08. The van der Waals surface area contributed by atoms with Crippen LogP contribution in [0.5, 0.6) is 5.88 Å². The van der Waals surface area contributed by atoms with E-state index >= 15 is 0 Å². The maximum atomic E-state index is 6.43. The summed E-state index contributed by atoms with van der Waals surface area (Å²) < 4.78 is 15.4. The molecule has 9 heteroatoms. The SMILES string of the molecule is CC(O[Si](C)(C)C(C)(C)C)c1nc(Cl)cc(OCc2cn3cc(C4CC4)cc(Br)c3n2)n1. The second kappa shape index (κ2) is 8.70. The van der Waals surface area contributed by atoms with Gasteiger partial charge in [-0.2, -0.15) is 4.98 Å². The zero-order valence-corrected chi connectivity index (χ0v) is 22.8. The summed E-state index contributed by atoms with van der Waals surface area (Å²) in [6.45, 7) is 13.3. The van der Waals surface area contributed by atoms with Crippen molar-refractivity contribution in [2.45, 2.75) is 77.3 Å². The summed E-state index contributed by atoms with van der Waals surface area (Å²) in [4.78, 5) is 13.6. The molecule has 1 atom stereocenters. The molecule has 0 radical (unpaired) electrons. The van der Waals surface area contributed by atoms with Gasteiger partial charge in [0.05, 0.1) is 10.2 Å². The Morgan fingerprint density at radius 3 is 2.56 bits per heavy atom. The summed E-state index contributed by atoms with van der Waals surface area (Å²) >= 11 is 9.93. The van der Waals surface area contributed by atoms with Gasteiger partial charge in [-0.15, -0.1) is 0 Å². The number of pyridine rings is 1. The largest absolute Gasteiger partial charge is 0.471 e. The second-order valence-electron chi connectivity index (χ2n) is 10.1. The molecule has 0 bridgehead atoms. The zero-order chi connectivity index (χ0) is 23.3. The van der Waals surface area contributed by atoms with Crippen LogP contribution in [0.2, 0.25) is 23.3 Å². The van der Waals surface area contributed by atoms with Crippen LogP contribution in [0.1, 0.15) is 69.6 Å². The number of rotatable bonds is 7. The highest BCUT2D eigenvalue weighted by Gasteiger charge is 2.39. The van der Waals surface area contributed by atoms with Gasteiger partial charge in [-0.1, -0.05) is 32.4 Å². The van der Waals surface area contributed by atoms with Gasteiger partial charge in [0.1, 0.15) is 17.9 Å². The third kappa shape index (κ3) is 5.19. The van der Waals surface area contributed by atoms with Gasteiger partial charge in [-0.3, -0.25) is 0 Å². The first kappa shape index (κ1) is 23.7. The second-order valence-corrected chi connectivity index (χ2v) is 16.1. The van der Waals surface area contributed by atoms with E-state index in [0.29, 0.717) is 22.8 Å². The summed E-state index contributed by atoms with van der Waals surface area (Å²) in [5.41, 5.74) is 3.04. The number of aromatic nitrogens is 4. The molecular formula is C23H30BrClN4O2Si. The molecule has 3 aromatic rings. The van der Waals surface area contributed by atoms with Gasteiger partial charge >= 0.3 is 0 Å². The summed E-state index contributed by atoms with van der Waals surface area (Å²) in [5.74, 6) is 1.62. The first-order chi connectivity index (χ1) is 14.9. The Bertz CT molecular complexity index is 1140. The van der Waals surface area contributed by atoms with Gasteiger partial charge in [0.25, 0.3) is 0 Å². The summed E-state index contributed by atoms with van der Waals surface area (Å²) in [6.07, 6.45) is 6.41. The normalized spacial score (nSPS) is 15.9. The molecular weight excluding hydrogens is 508 g/mol. The molecule has 32 heavy (non-hydrogen) atoms. The van der Waals surface area contributed by atoms with Crippen molar-refractivity contribution in [3.05, 3.63) is 51.2 Å². The zero-order valence-electron chi connectivity index (χ0n) is 19.4. The lowest BCUT2D eigenvalue weighted by atomic mass is 10.2. The fourth-order valence-corrected chi connectivity index (χ4v) is 5.41. The van der Waals surface area contributed by atoms with Crippen LogP contribution in [0, 0.1) is 0 Å². The summed E-state index contributed by atoms with van der Waals surface area (Å²) in [6, 6.07) is 3.80. The molecule has 1 saturated carbocycles. The lowest BCUT2D eigenvalue weighted by Crippen LogP contribution is -2.41. The highest BCUT2D eigenvalue weighted by atomic mass is 79.9. The average Bonchev–Trinajstić information content (AvgIpc) is 3.44. The van der Waals surface area contributed by atoms with Crippen LogP contribution in [-0.2, 0) is 11.0 Å². The highest BCUT2D eigenvalue weighted by molar-refractivity contribution is 9.10. The van der Waals surface area contributed by atoms with Crippen molar-refractivity contribution in [1.29, 1.82) is 0 Å². The molecule has 3 aromatic heterocycles. The number of ether oxygens (including phenoxy) is 1. The maximum Gasteiger partial charge on any atom is 0.218 e. The van der Waals surface area contributed by atoms with E-state index in [9.17, 15) is 0 Å². The van der Waals surface area contributed by atoms with Crippen molar-refractivity contribution in [2.75, 3.05) is 0 Å². The Balaban J connectivity index is 1.49. The van der Waals surface area contributed by atoms with E-state index in [1.807, 2.05) is 13.1 Å². The Morgan fingerprint density at radius 2 is 1.91 bits per heavy atom. The Morgan fingerprint density at radius 1 is 1.19 bits per heavy atom. The molecule has 1 aliphatic carbocycles. The molecule has 0 aliphatic heterocycles. The van der Waals surface area contributed by atoms with Crippen molar-refractivity contribution >= 4 is 41.5 Å². The standard InChI is InChI=1S/C23H30BrClN4O2Si/c1-14(31-32(5,6)23(2,3)4)21-27-19(25)10-20(28-21)30-13-17-12-29-11-16(15-7-8-15)9-18(24)22(29)26-17/h9-12,14-15H,7-8,13H2,1-6H3. The minimum Gasteiger partial charge on any atom is -0.471 e. The van der Waals surface area contributed by atoms with Crippen molar-refractivity contribution in [3.8, 4) is 5.88 Å². The minimum atomic E-state index is -1.97. The van der Waals surface area contributed by atoms with Crippen LogP contribution < -0.4 is 4.74 Å². The van der Waals surface area contributed by atoms with Crippen molar-refractivity contribution in [1.82, 2.24) is 19.4 Å². The van der Waals surface area contributed by atoms with Crippen molar-refractivity contribution in [3.63, 3.8) is 0 Å². The van der Waals surface area contributed by atoms with E-state index in [1.54, 1.807) is 6.07 Å². The number of nitrogens with zero attached hydrogens (tertiary/aromatic N) is 4. The van der Waals surface area contributed by atoms with E-state index in [2.05, 4.69) is 76.4 Å². The first-order valence-electron chi connectivity index (χ1n) is 10.9. The highest BCUT2D eigenvalue weighted by Crippen LogP contribution is 2.41. The van der Waals surface area contributed by atoms with Crippen LogP contribution in [0.4, 0.5) is 0 Å². The van der Waals surface area contributed by atoms with Crippen LogP contribution in [0.3, 0.4) is 0 Å². The monoisotopic (exact) mass is 536 g/mol. The molecule has 0 amide bonds. The minimum absolute atomic E-state index is 0.0932. The molecule has 0 N–H and O–H groups in total. The Labute approximate surface area is 204 Å². The third-order valence-corrected chi connectivity index (χ3v) is 11.7. The Kier molecular flexibility index (Phi) is 6.44. The van der Waals surface area contributed by atoms with E-state index in [0.717, 1.165) is 15.8 Å². The van der Waals surface area contributed by atoms with Gasteiger partial charge in [-0.25, -0.2) is 9.97 Å². The molecule has 172 valence electrons. The lowest BCUT2D eigenvalue weighted by molar-refractivity contribution is 0.190. The maximum absolute atomic E-state index is 6.43. The number of hydrogen-bond donors (Lipinski definition) is 0. The van der Waals surface area contributed by atoms with Crippen LogP contribution >= 0.6 is 27.5 Å². The Hall–Kier alpha value is -1.48. The smallest absolute Gasteiger partial charge is 0.218 e. The number of halogens is 2.